The Bertz CT molecular complexity index is 1170. The zero-order valence-electron chi connectivity index (χ0n) is 18.2. The maximum absolute atomic E-state index is 12.8. The fraction of sp³-hybridized carbons (Fsp3) is 0.444. The Morgan fingerprint density at radius 3 is 1.94 bits per heavy atom. The second-order valence-corrected chi connectivity index (χ2v) is 9.37. The largest absolute Gasteiger partial charge is 0.741 e. The molecular weight excluding hydrogens is 552 g/mol. The highest BCUT2D eigenvalue weighted by Crippen LogP contribution is 2.30. The summed E-state index contributed by atoms with van der Waals surface area (Å²) in [5, 5.41) is 0. The highest BCUT2D eigenvalue weighted by molar-refractivity contribution is 7.87. The van der Waals surface area contributed by atoms with Gasteiger partial charge in [-0.3, -0.25) is 0 Å². The van der Waals surface area contributed by atoms with Crippen LogP contribution in [0.4, 0.5) is 26.3 Å². The summed E-state index contributed by atoms with van der Waals surface area (Å²) in [5.74, 6) is -1.46. The van der Waals surface area contributed by atoms with Crippen LogP contribution in [0.3, 0.4) is 0 Å². The van der Waals surface area contributed by atoms with Crippen molar-refractivity contribution in [2.45, 2.75) is 17.9 Å². The molecule has 1 aromatic rings. The summed E-state index contributed by atoms with van der Waals surface area (Å²) < 4.78 is 136. The fourth-order valence-electron chi connectivity index (χ4n) is 2.34. The quantitative estimate of drug-likeness (QED) is 0.0954. The van der Waals surface area contributed by atoms with Crippen molar-refractivity contribution < 1.29 is 70.8 Å². The standard InChI is InChI=1S/C17H19F3NO6S.CHF3O3S/c1-2-26-16(22)14(21-8-10-25-11-9-21)12-15(13-6-4-3-5-7-13)27-28(23,24)17(18,19)20;2-1(3,4)8(5,6)7/h3-7,12H,2,8-11H2,1H3;(H,5,6,7)/q+1;/p-1/b15-12+;. The molecule has 36 heavy (non-hydrogen) atoms. The molecule has 0 radical (unpaired) electrons. The lowest BCUT2D eigenvalue weighted by Gasteiger charge is -2.15. The van der Waals surface area contributed by atoms with Gasteiger partial charge < -0.3 is 18.2 Å². The van der Waals surface area contributed by atoms with E-state index in [0.29, 0.717) is 13.2 Å². The van der Waals surface area contributed by atoms with E-state index in [-0.39, 0.29) is 31.0 Å². The summed E-state index contributed by atoms with van der Waals surface area (Å²) in [6.45, 7) is 2.74. The number of halogens is 6. The lowest BCUT2D eigenvalue weighted by Crippen LogP contribution is -2.37. The molecular formula is C18H19F6NO9S2. The molecule has 1 aliphatic rings. The third-order valence-electron chi connectivity index (χ3n) is 3.93. The van der Waals surface area contributed by atoms with Crippen molar-refractivity contribution >= 4 is 37.7 Å². The molecule has 0 atom stereocenters. The van der Waals surface area contributed by atoms with Gasteiger partial charge in [0.2, 0.25) is 0 Å². The molecule has 1 aromatic carbocycles. The Balaban J connectivity index is 0.000000697. The lowest BCUT2D eigenvalue weighted by atomic mass is 10.1. The SMILES string of the molecule is CCOC(=O)C(/C=C(/OS(=O)(=O)C(F)(F)F)c1ccccc1)=[N+]1CCOCC1.O=S(=O)([O-])C(F)(F)F. The minimum Gasteiger partial charge on any atom is -0.741 e. The van der Waals surface area contributed by atoms with Crippen LogP contribution in [0.2, 0.25) is 0 Å². The van der Waals surface area contributed by atoms with Crippen LogP contribution in [-0.2, 0) is 38.7 Å². The molecule has 0 amide bonds. The van der Waals surface area contributed by atoms with Crippen molar-refractivity contribution in [3.63, 3.8) is 0 Å². The Labute approximate surface area is 201 Å². The van der Waals surface area contributed by atoms with Crippen molar-refractivity contribution in [3.8, 4) is 0 Å². The van der Waals surface area contributed by atoms with Gasteiger partial charge in [0, 0.05) is 5.56 Å². The van der Waals surface area contributed by atoms with Gasteiger partial charge in [-0.05, 0) is 6.92 Å². The molecule has 2 rings (SSSR count). The van der Waals surface area contributed by atoms with E-state index in [1.807, 2.05) is 0 Å². The van der Waals surface area contributed by atoms with Gasteiger partial charge in [0.15, 0.2) is 29.0 Å². The molecule has 204 valence electrons. The third kappa shape index (κ3) is 9.40. The first kappa shape index (κ1) is 31.3. The summed E-state index contributed by atoms with van der Waals surface area (Å²) >= 11 is 0. The second kappa shape index (κ2) is 12.5. The summed E-state index contributed by atoms with van der Waals surface area (Å²) in [4.78, 5) is 12.4. The number of hydrogen-bond acceptors (Lipinski definition) is 9. The van der Waals surface area contributed by atoms with Crippen LogP contribution in [0.15, 0.2) is 36.4 Å². The van der Waals surface area contributed by atoms with Crippen molar-refractivity contribution in [2.75, 3.05) is 32.9 Å². The van der Waals surface area contributed by atoms with E-state index >= 15 is 0 Å². The Morgan fingerprint density at radius 2 is 1.53 bits per heavy atom. The maximum Gasteiger partial charge on any atom is 0.534 e. The van der Waals surface area contributed by atoms with Crippen molar-refractivity contribution in [1.29, 1.82) is 0 Å². The first-order chi connectivity index (χ1) is 16.4. The molecule has 1 aliphatic heterocycles. The van der Waals surface area contributed by atoms with E-state index in [1.165, 1.54) is 28.8 Å². The predicted molar refractivity (Wildman–Crippen MR) is 109 cm³/mol. The molecule has 1 heterocycles. The number of esters is 1. The molecule has 0 aromatic heterocycles. The molecule has 0 unspecified atom stereocenters. The van der Waals surface area contributed by atoms with Crippen LogP contribution in [-0.4, -0.2) is 81.6 Å². The number of carbonyl (C=O) groups is 1. The van der Waals surface area contributed by atoms with E-state index in [4.69, 9.17) is 22.4 Å². The highest BCUT2D eigenvalue weighted by atomic mass is 32.2. The summed E-state index contributed by atoms with van der Waals surface area (Å²) in [5.41, 5.74) is -11.3. The third-order valence-corrected chi connectivity index (χ3v) is 5.46. The molecule has 0 saturated carbocycles. The predicted octanol–water partition coefficient (Wildman–Crippen LogP) is 1.99. The molecule has 0 N–H and O–H groups in total. The second-order valence-electron chi connectivity index (χ2n) is 6.46. The molecule has 10 nitrogen and oxygen atoms in total. The summed E-state index contributed by atoms with van der Waals surface area (Å²) in [6.07, 6.45) is 0.946. The van der Waals surface area contributed by atoms with Gasteiger partial charge in [0.1, 0.15) is 13.2 Å². The van der Waals surface area contributed by atoms with E-state index in [2.05, 4.69) is 4.18 Å². The number of carbonyl (C=O) groups excluding carboxylic acids is 1. The van der Waals surface area contributed by atoms with E-state index in [9.17, 15) is 39.6 Å². The zero-order chi connectivity index (χ0) is 27.8. The molecule has 1 fully saturated rings. The van der Waals surface area contributed by atoms with Crippen LogP contribution in [0.25, 0.3) is 5.76 Å². The Kier molecular flexibility index (Phi) is 10.9. The molecule has 0 aliphatic carbocycles. The Hall–Kier alpha value is -2.70. The van der Waals surface area contributed by atoms with E-state index < -0.39 is 43.0 Å². The fourth-order valence-corrected chi connectivity index (χ4v) is 2.81. The molecule has 0 spiro atoms. The van der Waals surface area contributed by atoms with Gasteiger partial charge in [-0.15, -0.1) is 0 Å². The number of benzene rings is 1. The van der Waals surface area contributed by atoms with Gasteiger partial charge in [0.05, 0.1) is 12.7 Å². The average molecular weight is 571 g/mol. The number of hydrogen-bond donors (Lipinski definition) is 0. The van der Waals surface area contributed by atoms with Gasteiger partial charge in [-0.1, -0.05) is 30.3 Å². The van der Waals surface area contributed by atoms with Crippen molar-refractivity contribution in [1.82, 2.24) is 0 Å². The van der Waals surface area contributed by atoms with Gasteiger partial charge in [-0.2, -0.15) is 34.8 Å². The molecule has 1 saturated heterocycles. The topological polar surface area (TPSA) is 139 Å². The minimum absolute atomic E-state index is 0.0306. The van der Waals surface area contributed by atoms with Gasteiger partial charge >= 0.3 is 27.1 Å². The lowest BCUT2D eigenvalue weighted by molar-refractivity contribution is -0.548. The van der Waals surface area contributed by atoms with Crippen LogP contribution < -0.4 is 0 Å². The maximum atomic E-state index is 12.8. The molecule has 18 heteroatoms. The number of rotatable bonds is 6. The minimum atomic E-state index is -6.09. The first-order valence-corrected chi connectivity index (χ1v) is 12.4. The smallest absolute Gasteiger partial charge is 0.534 e. The van der Waals surface area contributed by atoms with E-state index in [0.717, 1.165) is 6.08 Å². The van der Waals surface area contributed by atoms with Gasteiger partial charge in [0.25, 0.3) is 5.71 Å². The first-order valence-electron chi connectivity index (χ1n) is 9.57. The number of morpholine rings is 1. The Morgan fingerprint density at radius 1 is 1.03 bits per heavy atom. The van der Waals surface area contributed by atoms with Crippen molar-refractivity contribution in [3.05, 3.63) is 42.0 Å². The monoisotopic (exact) mass is 571 g/mol. The summed E-state index contributed by atoms with van der Waals surface area (Å²) in [6, 6.07) is 7.30. The van der Waals surface area contributed by atoms with Crippen LogP contribution in [0.5, 0.6) is 0 Å². The number of ether oxygens (including phenoxy) is 2. The number of nitrogens with zero attached hydrogens (tertiary/aromatic N) is 1. The highest BCUT2D eigenvalue weighted by Gasteiger charge is 2.49. The summed E-state index contributed by atoms with van der Waals surface area (Å²) in [7, 11) is -12.0. The van der Waals surface area contributed by atoms with Crippen LogP contribution in [0.1, 0.15) is 12.5 Å². The van der Waals surface area contributed by atoms with Gasteiger partial charge in [-0.25, -0.2) is 17.8 Å². The van der Waals surface area contributed by atoms with Crippen LogP contribution >= 0.6 is 0 Å². The zero-order valence-corrected chi connectivity index (χ0v) is 19.8. The number of alkyl halides is 6. The van der Waals surface area contributed by atoms with Crippen LogP contribution in [0, 0.1) is 0 Å². The van der Waals surface area contributed by atoms with E-state index in [1.54, 1.807) is 13.0 Å². The normalized spacial score (nSPS) is 15.4. The molecule has 0 bridgehead atoms. The average Bonchev–Trinajstić information content (AvgIpc) is 2.76. The van der Waals surface area contributed by atoms with Crippen molar-refractivity contribution in [2.24, 2.45) is 0 Å².